The minimum atomic E-state index is -1.18. The molecule has 0 saturated heterocycles. The maximum Gasteiger partial charge on any atom is 0.175 e. The van der Waals surface area contributed by atoms with Gasteiger partial charge in [0.1, 0.15) is 0 Å². The Hall–Kier alpha value is -1.26. The summed E-state index contributed by atoms with van der Waals surface area (Å²) in [4.78, 5) is 12.0. The summed E-state index contributed by atoms with van der Waals surface area (Å²) in [5.41, 5.74) is 2.75. The highest BCUT2D eigenvalue weighted by atomic mass is 79.9. The summed E-state index contributed by atoms with van der Waals surface area (Å²) < 4.78 is 13.0. The number of carbonyl (C=O) groups excluding carboxylic acids is 1. The molecule has 0 saturated carbocycles. The summed E-state index contributed by atoms with van der Waals surface area (Å²) in [6.45, 7) is 2.00. The third-order valence-electron chi connectivity index (χ3n) is 2.87. The first-order valence-corrected chi connectivity index (χ1v) is 8.52. The van der Waals surface area contributed by atoms with Gasteiger partial charge in [0.05, 0.1) is 5.75 Å². The van der Waals surface area contributed by atoms with E-state index in [2.05, 4.69) is 15.9 Å². The van der Waals surface area contributed by atoms with Gasteiger partial charge in [-0.25, -0.2) is 0 Å². The molecule has 0 radical (unpaired) electrons. The van der Waals surface area contributed by atoms with E-state index in [1.807, 2.05) is 43.3 Å². The highest BCUT2D eigenvalue weighted by Crippen LogP contribution is 2.12. The van der Waals surface area contributed by atoms with Crippen LogP contribution in [0.1, 0.15) is 21.5 Å². The summed E-state index contributed by atoms with van der Waals surface area (Å²) >= 11 is 3.33. The summed E-state index contributed by atoms with van der Waals surface area (Å²) in [6.07, 6.45) is 0. The van der Waals surface area contributed by atoms with Crippen molar-refractivity contribution in [3.8, 4) is 0 Å². The number of ketones is 1. The topological polar surface area (TPSA) is 34.1 Å². The Bertz CT molecular complexity index is 635. The van der Waals surface area contributed by atoms with Crippen LogP contribution in [0.25, 0.3) is 0 Å². The molecule has 0 amide bonds. The number of halogens is 1. The normalized spacial score (nSPS) is 12.1. The number of benzene rings is 2. The molecule has 0 aliphatic carbocycles. The van der Waals surface area contributed by atoms with E-state index in [0.29, 0.717) is 11.3 Å². The zero-order valence-electron chi connectivity index (χ0n) is 11.1. The SMILES string of the molecule is Cc1cccc(CS(=O)CC(=O)c2ccc(Br)cc2)c1. The molecule has 2 rings (SSSR count). The van der Waals surface area contributed by atoms with E-state index >= 15 is 0 Å². The Labute approximate surface area is 129 Å². The summed E-state index contributed by atoms with van der Waals surface area (Å²) in [7, 11) is -1.18. The first kappa shape index (κ1) is 15.1. The first-order chi connectivity index (χ1) is 9.54. The first-order valence-electron chi connectivity index (χ1n) is 6.24. The van der Waals surface area contributed by atoms with Gasteiger partial charge in [0.2, 0.25) is 0 Å². The Morgan fingerprint density at radius 2 is 1.85 bits per heavy atom. The average molecular weight is 351 g/mol. The Morgan fingerprint density at radius 1 is 1.15 bits per heavy atom. The van der Waals surface area contributed by atoms with Crippen LogP contribution in [-0.4, -0.2) is 15.7 Å². The van der Waals surface area contributed by atoms with Gasteiger partial charge in [-0.2, -0.15) is 0 Å². The van der Waals surface area contributed by atoms with Crippen LogP contribution in [0.4, 0.5) is 0 Å². The average Bonchev–Trinajstić information content (AvgIpc) is 2.39. The number of carbonyl (C=O) groups is 1. The quantitative estimate of drug-likeness (QED) is 0.766. The molecule has 2 aromatic carbocycles. The highest BCUT2D eigenvalue weighted by Gasteiger charge is 2.11. The maximum atomic E-state index is 12.1. The van der Waals surface area contributed by atoms with Gasteiger partial charge in [-0.15, -0.1) is 0 Å². The molecule has 0 spiro atoms. The summed E-state index contributed by atoms with van der Waals surface area (Å²) in [5, 5.41) is 0. The fraction of sp³-hybridized carbons (Fsp3) is 0.188. The van der Waals surface area contributed by atoms with Gasteiger partial charge in [-0.05, 0) is 24.6 Å². The van der Waals surface area contributed by atoms with Crippen molar-refractivity contribution in [3.05, 3.63) is 69.7 Å². The molecule has 2 nitrogen and oxygen atoms in total. The molecule has 1 atom stereocenters. The Balaban J connectivity index is 1.97. The highest BCUT2D eigenvalue weighted by molar-refractivity contribution is 9.10. The molecule has 0 bridgehead atoms. The van der Waals surface area contributed by atoms with Gasteiger partial charge < -0.3 is 0 Å². The fourth-order valence-electron chi connectivity index (χ4n) is 1.90. The zero-order chi connectivity index (χ0) is 14.5. The van der Waals surface area contributed by atoms with Crippen molar-refractivity contribution in [2.45, 2.75) is 12.7 Å². The van der Waals surface area contributed by atoms with Crippen molar-refractivity contribution >= 4 is 32.5 Å². The predicted octanol–water partition coefficient (Wildman–Crippen LogP) is 3.89. The van der Waals surface area contributed by atoms with Crippen LogP contribution in [0, 0.1) is 6.92 Å². The lowest BCUT2D eigenvalue weighted by Crippen LogP contribution is -2.12. The molecule has 0 aliphatic heterocycles. The van der Waals surface area contributed by atoms with Crippen LogP contribution in [0.5, 0.6) is 0 Å². The van der Waals surface area contributed by atoms with Crippen LogP contribution in [0.15, 0.2) is 53.0 Å². The second-order valence-electron chi connectivity index (χ2n) is 4.65. The van der Waals surface area contributed by atoms with Gasteiger partial charge in [0.15, 0.2) is 5.78 Å². The lowest BCUT2D eigenvalue weighted by molar-refractivity contribution is 0.102. The van der Waals surface area contributed by atoms with Gasteiger partial charge in [-0.3, -0.25) is 9.00 Å². The molecule has 1 unspecified atom stereocenters. The second-order valence-corrected chi connectivity index (χ2v) is 7.02. The van der Waals surface area contributed by atoms with Crippen molar-refractivity contribution in [1.29, 1.82) is 0 Å². The lowest BCUT2D eigenvalue weighted by atomic mass is 10.1. The van der Waals surface area contributed by atoms with E-state index in [0.717, 1.165) is 15.6 Å². The van der Waals surface area contributed by atoms with Crippen LogP contribution < -0.4 is 0 Å². The van der Waals surface area contributed by atoms with E-state index in [9.17, 15) is 9.00 Å². The number of Topliss-reactive ketones (excluding diaryl/α,β-unsaturated/α-hetero) is 1. The molecule has 4 heteroatoms. The molecule has 0 N–H and O–H groups in total. The van der Waals surface area contributed by atoms with E-state index in [-0.39, 0.29) is 11.5 Å². The maximum absolute atomic E-state index is 12.1. The smallest absolute Gasteiger partial charge is 0.175 e. The molecule has 0 aliphatic rings. The number of hydrogen-bond acceptors (Lipinski definition) is 2. The monoisotopic (exact) mass is 350 g/mol. The van der Waals surface area contributed by atoms with Gasteiger partial charge >= 0.3 is 0 Å². The van der Waals surface area contributed by atoms with Gasteiger partial charge in [-0.1, -0.05) is 57.9 Å². The van der Waals surface area contributed by atoms with Crippen LogP contribution in [-0.2, 0) is 16.6 Å². The third kappa shape index (κ3) is 4.39. The van der Waals surface area contributed by atoms with Gasteiger partial charge in [0, 0.05) is 26.6 Å². The van der Waals surface area contributed by atoms with Crippen molar-refractivity contribution in [1.82, 2.24) is 0 Å². The van der Waals surface area contributed by atoms with Crippen LogP contribution >= 0.6 is 15.9 Å². The van der Waals surface area contributed by atoms with E-state index in [1.54, 1.807) is 12.1 Å². The molecule has 104 valence electrons. The van der Waals surface area contributed by atoms with Crippen molar-refractivity contribution < 1.29 is 9.00 Å². The Morgan fingerprint density at radius 3 is 2.50 bits per heavy atom. The van der Waals surface area contributed by atoms with Gasteiger partial charge in [0.25, 0.3) is 0 Å². The fourth-order valence-corrected chi connectivity index (χ4v) is 3.28. The number of aryl methyl sites for hydroxylation is 1. The minimum Gasteiger partial charge on any atom is -0.293 e. The summed E-state index contributed by atoms with van der Waals surface area (Å²) in [5.74, 6) is 0.406. The molecule has 20 heavy (non-hydrogen) atoms. The van der Waals surface area contributed by atoms with Crippen LogP contribution in [0.3, 0.4) is 0 Å². The number of hydrogen-bond donors (Lipinski definition) is 0. The van der Waals surface area contributed by atoms with E-state index in [1.165, 1.54) is 0 Å². The van der Waals surface area contributed by atoms with Crippen molar-refractivity contribution in [2.24, 2.45) is 0 Å². The Kier molecular flexibility index (Phi) is 5.26. The molecule has 2 aromatic rings. The molecular weight excluding hydrogens is 336 g/mol. The lowest BCUT2D eigenvalue weighted by Gasteiger charge is -2.04. The standard InChI is InChI=1S/C16H15BrO2S/c1-12-3-2-4-13(9-12)10-20(19)11-16(18)14-5-7-15(17)8-6-14/h2-9H,10-11H2,1H3. The molecular formula is C16H15BrO2S. The van der Waals surface area contributed by atoms with Crippen molar-refractivity contribution in [2.75, 3.05) is 5.75 Å². The number of rotatable bonds is 5. The zero-order valence-corrected chi connectivity index (χ0v) is 13.5. The minimum absolute atomic E-state index is 0.0651. The summed E-state index contributed by atoms with van der Waals surface area (Å²) in [6, 6.07) is 15.0. The predicted molar refractivity (Wildman–Crippen MR) is 86.4 cm³/mol. The van der Waals surface area contributed by atoms with E-state index in [4.69, 9.17) is 0 Å². The molecule has 0 heterocycles. The molecule has 0 fully saturated rings. The third-order valence-corrected chi connectivity index (χ3v) is 4.64. The van der Waals surface area contributed by atoms with Crippen molar-refractivity contribution in [3.63, 3.8) is 0 Å². The van der Waals surface area contributed by atoms with Crippen LogP contribution in [0.2, 0.25) is 0 Å². The largest absolute Gasteiger partial charge is 0.293 e. The molecule has 0 aromatic heterocycles. The second kappa shape index (κ2) is 6.95. The van der Waals surface area contributed by atoms with E-state index < -0.39 is 10.8 Å².